The van der Waals surface area contributed by atoms with Crippen LogP contribution in [0.4, 0.5) is 5.69 Å². The third kappa shape index (κ3) is 5.73. The van der Waals surface area contributed by atoms with Crippen molar-refractivity contribution in [2.75, 3.05) is 17.8 Å². The Morgan fingerprint density at radius 1 is 1.04 bits per heavy atom. The Kier molecular flexibility index (Phi) is 6.79. The van der Waals surface area contributed by atoms with Crippen molar-refractivity contribution in [1.82, 2.24) is 5.32 Å². The minimum atomic E-state index is -3.57. The molecule has 0 aliphatic carbocycles. The molecule has 0 radical (unpaired) electrons. The number of sulfonamides is 1. The second-order valence-corrected chi connectivity index (χ2v) is 7.95. The molecule has 0 saturated carbocycles. The molecule has 25 heavy (non-hydrogen) atoms. The normalized spacial score (nSPS) is 11.5. The van der Waals surface area contributed by atoms with Crippen molar-refractivity contribution in [2.45, 2.75) is 31.1 Å². The highest BCUT2D eigenvalue weighted by Crippen LogP contribution is 2.20. The van der Waals surface area contributed by atoms with Crippen LogP contribution in [0.25, 0.3) is 0 Å². The first-order valence-corrected chi connectivity index (χ1v) is 9.94. The van der Waals surface area contributed by atoms with E-state index in [1.54, 1.807) is 24.3 Å². The summed E-state index contributed by atoms with van der Waals surface area (Å²) in [6, 6.07) is 14.5. The van der Waals surface area contributed by atoms with E-state index in [0.29, 0.717) is 11.6 Å². The van der Waals surface area contributed by atoms with Gasteiger partial charge < -0.3 is 5.32 Å². The van der Waals surface area contributed by atoms with Crippen molar-refractivity contribution in [2.24, 2.45) is 0 Å². The quantitative estimate of drug-likeness (QED) is 0.527. The van der Waals surface area contributed by atoms with Gasteiger partial charge in [-0.3, -0.25) is 4.72 Å². The van der Waals surface area contributed by atoms with Gasteiger partial charge >= 0.3 is 0 Å². The average Bonchev–Trinajstić information content (AvgIpc) is 2.60. The highest BCUT2D eigenvalue weighted by atomic mass is 32.2. The zero-order chi connectivity index (χ0) is 18.3. The lowest BCUT2D eigenvalue weighted by Gasteiger charge is -2.11. The number of benzene rings is 2. The van der Waals surface area contributed by atoms with E-state index < -0.39 is 10.0 Å². The van der Waals surface area contributed by atoms with Gasteiger partial charge in [0.2, 0.25) is 0 Å². The molecule has 0 fully saturated rings. The molecule has 0 heterocycles. The first kappa shape index (κ1) is 19.2. The smallest absolute Gasteiger partial charge is 0.261 e. The fraction of sp³-hybridized carbons (Fsp3) is 0.300. The van der Waals surface area contributed by atoms with E-state index in [2.05, 4.69) is 30.5 Å². The number of hydrogen-bond acceptors (Lipinski definition) is 3. The number of anilines is 1. The van der Waals surface area contributed by atoms with Crippen molar-refractivity contribution in [3.63, 3.8) is 0 Å². The maximum Gasteiger partial charge on any atom is 0.261 e. The monoisotopic (exact) mass is 358 g/mol. The van der Waals surface area contributed by atoms with Gasteiger partial charge in [0.25, 0.3) is 10.0 Å². The van der Waals surface area contributed by atoms with Crippen LogP contribution in [0, 0.1) is 0 Å². The largest absolute Gasteiger partial charge is 0.313 e. The summed E-state index contributed by atoms with van der Waals surface area (Å²) in [4.78, 5) is 0.273. The predicted molar refractivity (Wildman–Crippen MR) is 105 cm³/mol. The molecule has 0 unspecified atom stereocenters. The fourth-order valence-electron chi connectivity index (χ4n) is 2.42. The van der Waals surface area contributed by atoms with Crippen LogP contribution in [0.2, 0.25) is 0 Å². The van der Waals surface area contributed by atoms with Crippen LogP contribution in [0.1, 0.15) is 30.9 Å². The van der Waals surface area contributed by atoms with Gasteiger partial charge in [0, 0.05) is 12.2 Å². The van der Waals surface area contributed by atoms with Crippen LogP contribution in [0.15, 0.2) is 66.1 Å². The lowest BCUT2D eigenvalue weighted by Crippen LogP contribution is -2.16. The highest BCUT2D eigenvalue weighted by Gasteiger charge is 2.14. The molecule has 0 aliphatic rings. The van der Waals surface area contributed by atoms with Gasteiger partial charge in [0.1, 0.15) is 0 Å². The summed E-state index contributed by atoms with van der Waals surface area (Å²) in [5.74, 6) is 0.373. The third-order valence-corrected chi connectivity index (χ3v) is 5.34. The van der Waals surface area contributed by atoms with E-state index in [1.807, 2.05) is 30.3 Å². The lowest BCUT2D eigenvalue weighted by molar-refractivity contribution is 0.601. The van der Waals surface area contributed by atoms with Crippen molar-refractivity contribution in [3.05, 3.63) is 72.3 Å². The molecule has 2 N–H and O–H groups in total. The molecule has 0 amide bonds. The maximum atomic E-state index is 12.5. The molecule has 134 valence electrons. The Balaban J connectivity index is 2.01. The summed E-state index contributed by atoms with van der Waals surface area (Å²) in [5, 5.41) is 3.24. The summed E-state index contributed by atoms with van der Waals surface area (Å²) < 4.78 is 27.6. The average molecular weight is 359 g/mol. The van der Waals surface area contributed by atoms with Gasteiger partial charge in [0.05, 0.1) is 4.90 Å². The number of rotatable bonds is 9. The first-order chi connectivity index (χ1) is 11.9. The minimum absolute atomic E-state index is 0.273. The van der Waals surface area contributed by atoms with Crippen LogP contribution < -0.4 is 10.0 Å². The Morgan fingerprint density at radius 2 is 1.68 bits per heavy atom. The third-order valence-electron chi connectivity index (χ3n) is 3.94. The standard InChI is InChI=1S/C20H26N2O2S/c1-4-14-21-15-13-17-5-9-19(10-6-17)22-25(23,24)20-11-7-18(8-12-20)16(2)3/h4-12,16,21-22H,1,13-15H2,2-3H3. The summed E-state index contributed by atoms with van der Waals surface area (Å²) >= 11 is 0. The second kappa shape index (κ2) is 8.83. The summed E-state index contributed by atoms with van der Waals surface area (Å²) in [5.41, 5.74) is 2.84. The topological polar surface area (TPSA) is 58.2 Å². The highest BCUT2D eigenvalue weighted by molar-refractivity contribution is 7.92. The molecule has 0 spiro atoms. The van der Waals surface area contributed by atoms with Crippen LogP contribution >= 0.6 is 0 Å². The Bertz CT molecular complexity index is 779. The van der Waals surface area contributed by atoms with Crippen molar-refractivity contribution in [3.8, 4) is 0 Å². The zero-order valence-corrected chi connectivity index (χ0v) is 15.6. The van der Waals surface area contributed by atoms with Crippen LogP contribution in [-0.2, 0) is 16.4 Å². The van der Waals surface area contributed by atoms with Gasteiger partial charge in [-0.15, -0.1) is 6.58 Å². The SMILES string of the molecule is C=CCNCCc1ccc(NS(=O)(=O)c2ccc(C(C)C)cc2)cc1. The molecular weight excluding hydrogens is 332 g/mol. The van der Waals surface area contributed by atoms with Gasteiger partial charge in [-0.2, -0.15) is 0 Å². The molecule has 5 heteroatoms. The van der Waals surface area contributed by atoms with Crippen LogP contribution in [0.5, 0.6) is 0 Å². The van der Waals surface area contributed by atoms with E-state index in [1.165, 1.54) is 0 Å². The Morgan fingerprint density at radius 3 is 2.24 bits per heavy atom. The Hall–Kier alpha value is -2.11. The van der Waals surface area contributed by atoms with Gasteiger partial charge in [-0.1, -0.05) is 44.2 Å². The van der Waals surface area contributed by atoms with Crippen LogP contribution in [0.3, 0.4) is 0 Å². The van der Waals surface area contributed by atoms with E-state index >= 15 is 0 Å². The molecule has 0 bridgehead atoms. The summed E-state index contributed by atoms with van der Waals surface area (Å²) in [7, 11) is -3.57. The molecular formula is C20H26N2O2S. The lowest BCUT2D eigenvalue weighted by atomic mass is 10.0. The van der Waals surface area contributed by atoms with Gasteiger partial charge in [0.15, 0.2) is 0 Å². The van der Waals surface area contributed by atoms with Gasteiger partial charge in [-0.25, -0.2) is 8.42 Å². The van der Waals surface area contributed by atoms with E-state index in [4.69, 9.17) is 0 Å². The Labute approximate surface area is 151 Å². The van der Waals surface area contributed by atoms with E-state index in [9.17, 15) is 8.42 Å². The van der Waals surface area contributed by atoms with Crippen molar-refractivity contribution in [1.29, 1.82) is 0 Å². The molecule has 0 saturated heterocycles. The molecule has 0 aromatic heterocycles. The fourth-order valence-corrected chi connectivity index (χ4v) is 3.48. The van der Waals surface area contributed by atoms with Crippen molar-refractivity contribution >= 4 is 15.7 Å². The zero-order valence-electron chi connectivity index (χ0n) is 14.8. The summed E-state index contributed by atoms with van der Waals surface area (Å²) in [6.07, 6.45) is 2.71. The minimum Gasteiger partial charge on any atom is -0.313 e. The van der Waals surface area contributed by atoms with Gasteiger partial charge in [-0.05, 0) is 54.3 Å². The predicted octanol–water partition coefficient (Wildman–Crippen LogP) is 3.93. The number of hydrogen-bond donors (Lipinski definition) is 2. The van der Waals surface area contributed by atoms with E-state index in [0.717, 1.165) is 30.6 Å². The number of nitrogens with one attached hydrogen (secondary N) is 2. The molecule has 2 rings (SSSR count). The second-order valence-electron chi connectivity index (χ2n) is 6.27. The molecule has 0 aliphatic heterocycles. The van der Waals surface area contributed by atoms with Crippen molar-refractivity contribution < 1.29 is 8.42 Å². The molecule has 2 aromatic rings. The maximum absolute atomic E-state index is 12.5. The summed E-state index contributed by atoms with van der Waals surface area (Å²) in [6.45, 7) is 9.47. The molecule has 2 aromatic carbocycles. The molecule has 4 nitrogen and oxygen atoms in total. The van der Waals surface area contributed by atoms with Crippen LogP contribution in [-0.4, -0.2) is 21.5 Å². The first-order valence-electron chi connectivity index (χ1n) is 8.45. The molecule has 0 atom stereocenters. The van der Waals surface area contributed by atoms with E-state index in [-0.39, 0.29) is 4.90 Å².